The van der Waals surface area contributed by atoms with Crippen LogP contribution in [0.3, 0.4) is 0 Å². The highest BCUT2D eigenvalue weighted by atomic mass is 32.2. The maximum absolute atomic E-state index is 5.90. The fourth-order valence-electron chi connectivity index (χ4n) is 1.10. The quantitative estimate of drug-likeness (QED) is 0.592. The Morgan fingerprint density at radius 2 is 1.77 bits per heavy atom. The first-order valence-corrected chi connectivity index (χ1v) is 5.40. The number of thioether (sulfide) groups is 1. The zero-order valence-electron chi connectivity index (χ0n) is 8.50. The summed E-state index contributed by atoms with van der Waals surface area (Å²) in [7, 11) is 0. The molecule has 0 amide bonds. The Morgan fingerprint density at radius 3 is 2.15 bits per heavy atom. The van der Waals surface area contributed by atoms with Gasteiger partial charge in [0.15, 0.2) is 0 Å². The van der Waals surface area contributed by atoms with Crippen molar-refractivity contribution >= 4 is 11.8 Å². The van der Waals surface area contributed by atoms with Crippen LogP contribution in [-0.2, 0) is 6.42 Å². The molecular formula is C11H17NS. The lowest BCUT2D eigenvalue weighted by molar-refractivity contribution is 0.758. The average Bonchev–Trinajstić information content (AvgIpc) is 2.03. The van der Waals surface area contributed by atoms with Crippen molar-refractivity contribution in [2.45, 2.75) is 37.0 Å². The van der Waals surface area contributed by atoms with Crippen molar-refractivity contribution in [2.24, 2.45) is 5.73 Å². The highest BCUT2D eigenvalue weighted by molar-refractivity contribution is 8.00. The minimum atomic E-state index is -0.187. The Kier molecular flexibility index (Phi) is 3.40. The molecule has 72 valence electrons. The molecule has 2 N–H and O–H groups in total. The van der Waals surface area contributed by atoms with E-state index in [0.717, 1.165) is 6.42 Å². The smallest absolute Gasteiger partial charge is 0.0609 e. The van der Waals surface area contributed by atoms with Crippen molar-refractivity contribution in [1.82, 2.24) is 0 Å². The standard InChI is InChI=1S/C11H17NS/c1-4-9-5-7-10(8-6-9)13-11(2,3)12/h5-8H,4,12H2,1-3H3. The molecule has 0 aliphatic rings. The summed E-state index contributed by atoms with van der Waals surface area (Å²) in [6, 6.07) is 8.60. The SMILES string of the molecule is CCc1ccc(SC(C)(C)N)cc1. The zero-order chi connectivity index (χ0) is 9.90. The molecule has 0 fully saturated rings. The van der Waals surface area contributed by atoms with Gasteiger partial charge in [0.2, 0.25) is 0 Å². The molecule has 1 rings (SSSR count). The van der Waals surface area contributed by atoms with Crippen molar-refractivity contribution in [3.63, 3.8) is 0 Å². The molecule has 0 bridgehead atoms. The van der Waals surface area contributed by atoms with Gasteiger partial charge in [0, 0.05) is 4.90 Å². The Labute approximate surface area is 84.7 Å². The third-order valence-corrected chi connectivity index (χ3v) is 2.75. The van der Waals surface area contributed by atoms with E-state index in [4.69, 9.17) is 5.73 Å². The maximum atomic E-state index is 5.90. The van der Waals surface area contributed by atoms with Crippen LogP contribution >= 0.6 is 11.8 Å². The Bertz CT molecular complexity index is 258. The minimum absolute atomic E-state index is 0.187. The van der Waals surface area contributed by atoms with Gasteiger partial charge in [0.25, 0.3) is 0 Å². The van der Waals surface area contributed by atoms with Crippen LogP contribution in [0.25, 0.3) is 0 Å². The topological polar surface area (TPSA) is 26.0 Å². The van der Waals surface area contributed by atoms with E-state index in [1.165, 1.54) is 10.5 Å². The van der Waals surface area contributed by atoms with Gasteiger partial charge in [-0.3, -0.25) is 0 Å². The Hall–Kier alpha value is -0.470. The molecule has 0 atom stereocenters. The summed E-state index contributed by atoms with van der Waals surface area (Å²) in [6.07, 6.45) is 1.09. The fraction of sp³-hybridized carbons (Fsp3) is 0.455. The van der Waals surface area contributed by atoms with Gasteiger partial charge in [-0.2, -0.15) is 0 Å². The van der Waals surface area contributed by atoms with Crippen molar-refractivity contribution in [1.29, 1.82) is 0 Å². The summed E-state index contributed by atoms with van der Waals surface area (Å²) in [5.41, 5.74) is 7.28. The van der Waals surface area contributed by atoms with Crippen molar-refractivity contribution in [3.8, 4) is 0 Å². The Balaban J connectivity index is 2.70. The first-order chi connectivity index (χ1) is 6.01. The van der Waals surface area contributed by atoms with Gasteiger partial charge in [-0.1, -0.05) is 19.1 Å². The van der Waals surface area contributed by atoms with Crippen molar-refractivity contribution < 1.29 is 0 Å². The molecule has 13 heavy (non-hydrogen) atoms. The second-order valence-corrected chi connectivity index (χ2v) is 5.43. The second-order valence-electron chi connectivity index (χ2n) is 3.70. The molecule has 0 saturated heterocycles. The molecule has 0 aliphatic heterocycles. The lowest BCUT2D eigenvalue weighted by atomic mass is 10.2. The highest BCUT2D eigenvalue weighted by Crippen LogP contribution is 2.28. The maximum Gasteiger partial charge on any atom is 0.0609 e. The largest absolute Gasteiger partial charge is 0.317 e. The molecule has 1 nitrogen and oxygen atoms in total. The second kappa shape index (κ2) is 4.16. The van der Waals surface area contributed by atoms with E-state index in [-0.39, 0.29) is 4.87 Å². The molecule has 0 spiro atoms. The van der Waals surface area contributed by atoms with Gasteiger partial charge >= 0.3 is 0 Å². The summed E-state index contributed by atoms with van der Waals surface area (Å²) in [6.45, 7) is 6.20. The van der Waals surface area contributed by atoms with Crippen LogP contribution in [0.1, 0.15) is 26.3 Å². The minimum Gasteiger partial charge on any atom is -0.317 e. The van der Waals surface area contributed by atoms with Gasteiger partial charge in [0.1, 0.15) is 0 Å². The summed E-state index contributed by atoms with van der Waals surface area (Å²) in [4.78, 5) is 1.05. The number of hydrogen-bond donors (Lipinski definition) is 1. The predicted molar refractivity (Wildman–Crippen MR) is 59.9 cm³/mol. The fourth-order valence-corrected chi connectivity index (χ4v) is 1.98. The molecule has 0 aliphatic carbocycles. The summed E-state index contributed by atoms with van der Waals surface area (Å²) >= 11 is 1.70. The predicted octanol–water partition coefficient (Wildman–Crippen LogP) is 3.04. The molecule has 0 unspecified atom stereocenters. The third-order valence-electron chi connectivity index (χ3n) is 1.71. The number of hydrogen-bond acceptors (Lipinski definition) is 2. The lowest BCUT2D eigenvalue weighted by Gasteiger charge is -2.17. The molecule has 0 saturated carbocycles. The Morgan fingerprint density at radius 1 is 1.23 bits per heavy atom. The lowest BCUT2D eigenvalue weighted by Crippen LogP contribution is -2.26. The van der Waals surface area contributed by atoms with E-state index in [2.05, 4.69) is 31.2 Å². The summed E-state index contributed by atoms with van der Waals surface area (Å²) in [5.74, 6) is 0. The summed E-state index contributed by atoms with van der Waals surface area (Å²) < 4.78 is 0. The number of nitrogens with two attached hydrogens (primary N) is 1. The van der Waals surface area contributed by atoms with Gasteiger partial charge in [0.05, 0.1) is 4.87 Å². The van der Waals surface area contributed by atoms with E-state index in [0.29, 0.717) is 0 Å². The molecular weight excluding hydrogens is 178 g/mol. The van der Waals surface area contributed by atoms with E-state index in [1.54, 1.807) is 11.8 Å². The molecule has 1 aromatic rings. The third kappa shape index (κ3) is 3.83. The van der Waals surface area contributed by atoms with E-state index >= 15 is 0 Å². The van der Waals surface area contributed by atoms with Crippen LogP contribution in [0, 0.1) is 0 Å². The zero-order valence-corrected chi connectivity index (χ0v) is 9.32. The van der Waals surface area contributed by atoms with Crippen LogP contribution in [0.2, 0.25) is 0 Å². The van der Waals surface area contributed by atoms with Crippen LogP contribution in [0.5, 0.6) is 0 Å². The average molecular weight is 195 g/mol. The van der Waals surface area contributed by atoms with Gasteiger partial charge in [-0.15, -0.1) is 11.8 Å². The van der Waals surface area contributed by atoms with Gasteiger partial charge in [-0.25, -0.2) is 0 Å². The first kappa shape index (κ1) is 10.6. The highest BCUT2D eigenvalue weighted by Gasteiger charge is 2.11. The van der Waals surface area contributed by atoms with E-state index < -0.39 is 0 Å². The molecule has 0 radical (unpaired) electrons. The number of benzene rings is 1. The van der Waals surface area contributed by atoms with Crippen molar-refractivity contribution in [3.05, 3.63) is 29.8 Å². The molecule has 0 aromatic heterocycles. The van der Waals surface area contributed by atoms with Crippen LogP contribution in [-0.4, -0.2) is 4.87 Å². The normalized spacial score (nSPS) is 11.7. The van der Waals surface area contributed by atoms with Crippen LogP contribution in [0.4, 0.5) is 0 Å². The monoisotopic (exact) mass is 195 g/mol. The molecule has 1 aromatic carbocycles. The number of aryl methyl sites for hydroxylation is 1. The first-order valence-electron chi connectivity index (χ1n) is 4.58. The molecule has 0 heterocycles. The van der Waals surface area contributed by atoms with Gasteiger partial charge < -0.3 is 5.73 Å². The van der Waals surface area contributed by atoms with E-state index in [9.17, 15) is 0 Å². The van der Waals surface area contributed by atoms with Gasteiger partial charge in [-0.05, 0) is 38.0 Å². The van der Waals surface area contributed by atoms with E-state index in [1.807, 2.05) is 13.8 Å². The number of rotatable bonds is 3. The van der Waals surface area contributed by atoms with Crippen LogP contribution in [0.15, 0.2) is 29.2 Å². The molecule has 2 heteroatoms. The summed E-state index contributed by atoms with van der Waals surface area (Å²) in [5, 5.41) is 0. The van der Waals surface area contributed by atoms with Crippen molar-refractivity contribution in [2.75, 3.05) is 0 Å². The van der Waals surface area contributed by atoms with Crippen LogP contribution < -0.4 is 5.73 Å².